The van der Waals surface area contributed by atoms with Gasteiger partial charge in [-0.3, -0.25) is 0 Å². The number of unbranched alkanes of at least 4 members (excludes halogenated alkanes) is 1. The van der Waals surface area contributed by atoms with Gasteiger partial charge in [0.05, 0.1) is 5.69 Å². The second-order valence-corrected chi connectivity index (χ2v) is 4.39. The summed E-state index contributed by atoms with van der Waals surface area (Å²) in [6.45, 7) is 5.04. The first kappa shape index (κ1) is 12.6. The Kier molecular flexibility index (Phi) is 3.97. The summed E-state index contributed by atoms with van der Waals surface area (Å²) in [7, 11) is 0. The van der Waals surface area contributed by atoms with Gasteiger partial charge in [0.1, 0.15) is 5.82 Å². The van der Waals surface area contributed by atoms with E-state index in [2.05, 4.69) is 21.8 Å². The molecule has 96 valence electrons. The molecular formula is C14H18FN3. The van der Waals surface area contributed by atoms with E-state index in [0.29, 0.717) is 0 Å². The van der Waals surface area contributed by atoms with Crippen LogP contribution in [0.4, 0.5) is 16.0 Å². The van der Waals surface area contributed by atoms with E-state index in [1.165, 1.54) is 12.1 Å². The summed E-state index contributed by atoms with van der Waals surface area (Å²) in [4.78, 5) is 4.42. The van der Waals surface area contributed by atoms with Crippen LogP contribution in [0.2, 0.25) is 0 Å². The van der Waals surface area contributed by atoms with Crippen molar-refractivity contribution >= 4 is 11.6 Å². The molecule has 0 aliphatic rings. The van der Waals surface area contributed by atoms with Crippen molar-refractivity contribution in [1.29, 1.82) is 0 Å². The zero-order valence-corrected chi connectivity index (χ0v) is 10.8. The van der Waals surface area contributed by atoms with Gasteiger partial charge in [0.25, 0.3) is 0 Å². The minimum absolute atomic E-state index is 0.247. The van der Waals surface area contributed by atoms with Gasteiger partial charge in [-0.1, -0.05) is 19.4 Å². The van der Waals surface area contributed by atoms with Crippen molar-refractivity contribution in [2.75, 3.05) is 5.32 Å². The van der Waals surface area contributed by atoms with Crippen LogP contribution in [0.15, 0.2) is 30.5 Å². The lowest BCUT2D eigenvalue weighted by molar-refractivity contribution is 0.627. The zero-order chi connectivity index (χ0) is 13.0. The molecule has 1 heterocycles. The van der Waals surface area contributed by atoms with Crippen LogP contribution >= 0.6 is 0 Å². The molecule has 0 spiro atoms. The van der Waals surface area contributed by atoms with Gasteiger partial charge in [-0.25, -0.2) is 9.37 Å². The number of anilines is 2. The summed E-state index contributed by atoms with van der Waals surface area (Å²) in [5.74, 6) is 0.523. The molecule has 0 saturated carbocycles. The molecule has 18 heavy (non-hydrogen) atoms. The van der Waals surface area contributed by atoms with Crippen LogP contribution in [0.1, 0.15) is 25.5 Å². The summed E-state index contributed by atoms with van der Waals surface area (Å²) >= 11 is 0. The van der Waals surface area contributed by atoms with E-state index in [1.54, 1.807) is 6.07 Å². The number of hydrogen-bond donors (Lipinski definition) is 1. The van der Waals surface area contributed by atoms with Gasteiger partial charge in [-0.05, 0) is 31.5 Å². The summed E-state index contributed by atoms with van der Waals surface area (Å²) < 4.78 is 15.2. The molecule has 0 aliphatic heterocycles. The largest absolute Gasteiger partial charge is 0.326 e. The van der Waals surface area contributed by atoms with Crippen molar-refractivity contribution in [3.63, 3.8) is 0 Å². The number of rotatable bonds is 5. The molecule has 0 bridgehead atoms. The molecular weight excluding hydrogens is 229 g/mol. The molecule has 1 N–H and O–H groups in total. The predicted molar refractivity (Wildman–Crippen MR) is 71.6 cm³/mol. The highest BCUT2D eigenvalue weighted by Gasteiger charge is 2.05. The first-order valence-electron chi connectivity index (χ1n) is 6.25. The molecule has 0 fully saturated rings. The van der Waals surface area contributed by atoms with Crippen molar-refractivity contribution in [2.24, 2.45) is 0 Å². The number of hydrogen-bond acceptors (Lipinski definition) is 2. The molecule has 0 unspecified atom stereocenters. The maximum Gasteiger partial charge on any atom is 0.207 e. The summed E-state index contributed by atoms with van der Waals surface area (Å²) in [5.41, 5.74) is 1.68. The lowest BCUT2D eigenvalue weighted by Crippen LogP contribution is -2.03. The highest BCUT2D eigenvalue weighted by atomic mass is 19.1. The first-order chi connectivity index (χ1) is 8.69. The van der Waals surface area contributed by atoms with Gasteiger partial charge >= 0.3 is 0 Å². The van der Waals surface area contributed by atoms with Crippen molar-refractivity contribution in [3.8, 4) is 0 Å². The maximum absolute atomic E-state index is 13.1. The van der Waals surface area contributed by atoms with Crippen LogP contribution in [-0.2, 0) is 6.54 Å². The normalized spacial score (nSPS) is 10.6. The minimum Gasteiger partial charge on any atom is -0.326 e. The van der Waals surface area contributed by atoms with Crippen molar-refractivity contribution in [1.82, 2.24) is 9.55 Å². The Bertz CT molecular complexity index is 520. The standard InChI is InChI=1S/C14H18FN3/c1-3-4-8-18-10-11(2)16-14(18)17-13-7-5-6-12(15)9-13/h5-7,9-10H,3-4,8H2,1-2H3,(H,16,17). The molecule has 3 nitrogen and oxygen atoms in total. The Morgan fingerprint density at radius 1 is 1.39 bits per heavy atom. The van der Waals surface area contributed by atoms with E-state index in [4.69, 9.17) is 0 Å². The average molecular weight is 247 g/mol. The van der Waals surface area contributed by atoms with Gasteiger partial charge < -0.3 is 9.88 Å². The van der Waals surface area contributed by atoms with E-state index in [9.17, 15) is 4.39 Å². The van der Waals surface area contributed by atoms with Gasteiger partial charge in [0.15, 0.2) is 0 Å². The molecule has 0 aliphatic carbocycles. The van der Waals surface area contributed by atoms with Crippen molar-refractivity contribution < 1.29 is 4.39 Å². The van der Waals surface area contributed by atoms with E-state index in [1.807, 2.05) is 19.2 Å². The quantitative estimate of drug-likeness (QED) is 0.869. The highest BCUT2D eigenvalue weighted by Crippen LogP contribution is 2.17. The Hall–Kier alpha value is -1.84. The average Bonchev–Trinajstić information content (AvgIpc) is 2.67. The van der Waals surface area contributed by atoms with Crippen LogP contribution in [-0.4, -0.2) is 9.55 Å². The lowest BCUT2D eigenvalue weighted by atomic mass is 10.3. The topological polar surface area (TPSA) is 29.9 Å². The van der Waals surface area contributed by atoms with Crippen LogP contribution in [0.3, 0.4) is 0 Å². The number of aryl methyl sites for hydroxylation is 2. The smallest absolute Gasteiger partial charge is 0.207 e. The Morgan fingerprint density at radius 3 is 2.94 bits per heavy atom. The van der Waals surface area contributed by atoms with Crippen LogP contribution in [0, 0.1) is 12.7 Å². The monoisotopic (exact) mass is 247 g/mol. The summed E-state index contributed by atoms with van der Waals surface area (Å²) in [6.07, 6.45) is 4.25. The number of aromatic nitrogens is 2. The predicted octanol–water partition coefficient (Wildman–Crippen LogP) is 3.87. The number of nitrogens with zero attached hydrogens (tertiary/aromatic N) is 2. The fraction of sp³-hybridized carbons (Fsp3) is 0.357. The van der Waals surface area contributed by atoms with Crippen molar-refractivity contribution in [2.45, 2.75) is 33.2 Å². The third kappa shape index (κ3) is 3.09. The number of imidazole rings is 1. The SMILES string of the molecule is CCCCn1cc(C)nc1Nc1cccc(F)c1. The lowest BCUT2D eigenvalue weighted by Gasteiger charge is -2.09. The van der Waals surface area contributed by atoms with E-state index in [0.717, 1.165) is 36.7 Å². The fourth-order valence-electron chi connectivity index (χ4n) is 1.84. The number of nitrogens with one attached hydrogen (secondary N) is 1. The second-order valence-electron chi connectivity index (χ2n) is 4.39. The second kappa shape index (κ2) is 5.67. The summed E-state index contributed by atoms with van der Waals surface area (Å²) in [5, 5.41) is 3.15. The molecule has 0 atom stereocenters. The van der Waals surface area contributed by atoms with Crippen molar-refractivity contribution in [3.05, 3.63) is 42.0 Å². The molecule has 4 heteroatoms. The molecule has 2 rings (SSSR count). The van der Waals surface area contributed by atoms with Crippen LogP contribution < -0.4 is 5.32 Å². The first-order valence-corrected chi connectivity index (χ1v) is 6.25. The number of benzene rings is 1. The van der Waals surface area contributed by atoms with E-state index >= 15 is 0 Å². The maximum atomic E-state index is 13.1. The fourth-order valence-corrected chi connectivity index (χ4v) is 1.84. The van der Waals surface area contributed by atoms with E-state index < -0.39 is 0 Å². The Morgan fingerprint density at radius 2 is 2.22 bits per heavy atom. The van der Waals surface area contributed by atoms with Gasteiger partial charge in [0, 0.05) is 18.4 Å². The van der Waals surface area contributed by atoms with Crippen LogP contribution in [0.25, 0.3) is 0 Å². The number of halogens is 1. The molecule has 0 saturated heterocycles. The molecule has 1 aromatic carbocycles. The van der Waals surface area contributed by atoms with Gasteiger partial charge in [0.2, 0.25) is 5.95 Å². The molecule has 0 radical (unpaired) electrons. The van der Waals surface area contributed by atoms with Gasteiger partial charge in [-0.2, -0.15) is 0 Å². The Labute approximate surface area is 107 Å². The molecule has 0 amide bonds. The third-order valence-electron chi connectivity index (χ3n) is 2.73. The van der Waals surface area contributed by atoms with Gasteiger partial charge in [-0.15, -0.1) is 0 Å². The van der Waals surface area contributed by atoms with E-state index in [-0.39, 0.29) is 5.82 Å². The van der Waals surface area contributed by atoms with Crippen LogP contribution in [0.5, 0.6) is 0 Å². The Balaban J connectivity index is 2.17. The minimum atomic E-state index is -0.247. The third-order valence-corrected chi connectivity index (χ3v) is 2.73. The summed E-state index contributed by atoms with van der Waals surface area (Å²) in [6, 6.07) is 6.41. The zero-order valence-electron chi connectivity index (χ0n) is 10.8. The molecule has 1 aromatic heterocycles. The highest BCUT2D eigenvalue weighted by molar-refractivity contribution is 5.53. The molecule has 2 aromatic rings.